The molecule has 2 atom stereocenters. The number of aryl methyl sites for hydroxylation is 2. The van der Waals surface area contributed by atoms with E-state index in [0.717, 1.165) is 44.2 Å². The predicted molar refractivity (Wildman–Crippen MR) is 82.3 cm³/mol. The lowest BCUT2D eigenvalue weighted by Gasteiger charge is -2.38. The fourth-order valence-corrected chi connectivity index (χ4v) is 3.41. The van der Waals surface area contributed by atoms with Gasteiger partial charge < -0.3 is 10.1 Å². The molecule has 1 N–H and O–H groups in total. The highest BCUT2D eigenvalue weighted by Crippen LogP contribution is 2.36. The monoisotopic (exact) mass is 293 g/mol. The van der Waals surface area contributed by atoms with Crippen LogP contribution in [0, 0.1) is 0 Å². The first-order valence-electron chi connectivity index (χ1n) is 7.94. The molecule has 5 heteroatoms. The number of nitrogens with zero attached hydrogens (tertiary/aromatic N) is 2. The number of nitrogens with one attached hydrogen (secondary N) is 1. The quantitative estimate of drug-likeness (QED) is 0.846. The lowest BCUT2D eigenvalue weighted by Crippen LogP contribution is -2.54. The van der Waals surface area contributed by atoms with Crippen LogP contribution in [-0.4, -0.2) is 35.4 Å². The molecule has 1 aromatic heterocycles. The summed E-state index contributed by atoms with van der Waals surface area (Å²) in [5.41, 5.74) is 1.82. The average molecular weight is 293 g/mol. The van der Waals surface area contributed by atoms with Crippen LogP contribution in [0.25, 0.3) is 0 Å². The standard InChI is InChI=1S/C16H27N3O2/c1-5-12-10-13(6-2)19(18-12)14-8-7-9-16(11-14,17-3)15(20)21-4/h10,14,17H,5-9,11H2,1-4H3. The SMILES string of the molecule is CCc1cc(CC)n(C2CCCC(NC)(C(=O)OC)C2)n1. The molecule has 1 aliphatic rings. The molecule has 0 bridgehead atoms. The first kappa shape index (κ1) is 16.0. The normalized spacial score (nSPS) is 25.8. The molecule has 1 fully saturated rings. The minimum Gasteiger partial charge on any atom is -0.468 e. The number of ether oxygens (including phenoxy) is 1. The summed E-state index contributed by atoms with van der Waals surface area (Å²) >= 11 is 0. The van der Waals surface area contributed by atoms with E-state index in [4.69, 9.17) is 9.84 Å². The highest BCUT2D eigenvalue weighted by atomic mass is 16.5. The molecule has 0 aromatic carbocycles. The van der Waals surface area contributed by atoms with Crippen molar-refractivity contribution in [3.8, 4) is 0 Å². The molecule has 1 aromatic rings. The van der Waals surface area contributed by atoms with E-state index in [2.05, 4.69) is 29.9 Å². The van der Waals surface area contributed by atoms with E-state index in [0.29, 0.717) is 0 Å². The first-order valence-corrected chi connectivity index (χ1v) is 7.94. The van der Waals surface area contributed by atoms with Gasteiger partial charge in [0, 0.05) is 5.69 Å². The molecule has 1 heterocycles. The summed E-state index contributed by atoms with van der Waals surface area (Å²) in [6, 6.07) is 2.45. The Hall–Kier alpha value is -1.36. The molecule has 2 unspecified atom stereocenters. The Morgan fingerprint density at radius 2 is 2.29 bits per heavy atom. The van der Waals surface area contributed by atoms with Crippen LogP contribution in [0.1, 0.15) is 57.0 Å². The van der Waals surface area contributed by atoms with Gasteiger partial charge in [-0.2, -0.15) is 5.10 Å². The number of esters is 1. The van der Waals surface area contributed by atoms with Crippen molar-refractivity contribution in [3.05, 3.63) is 17.5 Å². The third kappa shape index (κ3) is 2.98. The number of likely N-dealkylation sites (N-methyl/N-ethyl adjacent to an activating group) is 1. The Morgan fingerprint density at radius 3 is 2.86 bits per heavy atom. The van der Waals surface area contributed by atoms with Crippen molar-refractivity contribution in [1.82, 2.24) is 15.1 Å². The van der Waals surface area contributed by atoms with Crippen LogP contribution < -0.4 is 5.32 Å². The van der Waals surface area contributed by atoms with Crippen LogP contribution in [0.3, 0.4) is 0 Å². The smallest absolute Gasteiger partial charge is 0.326 e. The third-order valence-electron chi connectivity index (χ3n) is 4.71. The summed E-state index contributed by atoms with van der Waals surface area (Å²) in [7, 11) is 3.31. The van der Waals surface area contributed by atoms with Gasteiger partial charge in [-0.25, -0.2) is 0 Å². The summed E-state index contributed by atoms with van der Waals surface area (Å²) in [5.74, 6) is -0.157. The molecule has 5 nitrogen and oxygen atoms in total. The Kier molecular flexibility index (Phi) is 5.04. The molecule has 0 amide bonds. The molecule has 0 radical (unpaired) electrons. The zero-order valence-electron chi connectivity index (χ0n) is 13.6. The van der Waals surface area contributed by atoms with Crippen LogP contribution in [0.15, 0.2) is 6.07 Å². The molecule has 1 aliphatic carbocycles. The van der Waals surface area contributed by atoms with Gasteiger partial charge >= 0.3 is 5.97 Å². The Morgan fingerprint density at radius 1 is 1.52 bits per heavy atom. The van der Waals surface area contributed by atoms with E-state index in [-0.39, 0.29) is 12.0 Å². The largest absolute Gasteiger partial charge is 0.468 e. The van der Waals surface area contributed by atoms with Gasteiger partial charge in [-0.15, -0.1) is 0 Å². The van der Waals surface area contributed by atoms with Gasteiger partial charge in [-0.05, 0) is 51.6 Å². The molecule has 2 rings (SSSR count). The van der Waals surface area contributed by atoms with Gasteiger partial charge in [-0.3, -0.25) is 9.48 Å². The van der Waals surface area contributed by atoms with E-state index in [1.54, 1.807) is 0 Å². The maximum Gasteiger partial charge on any atom is 0.326 e. The second kappa shape index (κ2) is 6.60. The maximum absolute atomic E-state index is 12.2. The minimum atomic E-state index is -0.568. The van der Waals surface area contributed by atoms with Gasteiger partial charge in [-0.1, -0.05) is 13.8 Å². The molecule has 0 saturated heterocycles. The van der Waals surface area contributed by atoms with E-state index < -0.39 is 5.54 Å². The number of rotatable bonds is 5. The number of methoxy groups -OCH3 is 1. The predicted octanol–water partition coefficient (Wildman–Crippen LogP) is 2.25. The number of carbonyl (C=O) groups is 1. The molecule has 21 heavy (non-hydrogen) atoms. The van der Waals surface area contributed by atoms with Gasteiger partial charge in [0.15, 0.2) is 0 Å². The lowest BCUT2D eigenvalue weighted by atomic mass is 9.79. The number of hydrogen-bond acceptors (Lipinski definition) is 4. The molecule has 118 valence electrons. The highest BCUT2D eigenvalue weighted by Gasteiger charge is 2.43. The fourth-order valence-electron chi connectivity index (χ4n) is 3.41. The first-order chi connectivity index (χ1) is 10.1. The van der Waals surface area contributed by atoms with Crippen LogP contribution >= 0.6 is 0 Å². The van der Waals surface area contributed by atoms with Crippen molar-refractivity contribution >= 4 is 5.97 Å². The summed E-state index contributed by atoms with van der Waals surface area (Å²) in [5, 5.41) is 7.96. The molecular weight excluding hydrogens is 266 g/mol. The Bertz CT molecular complexity index is 498. The van der Waals surface area contributed by atoms with Crippen molar-refractivity contribution in [1.29, 1.82) is 0 Å². The molecule has 0 aliphatic heterocycles. The van der Waals surface area contributed by atoms with E-state index in [1.807, 2.05) is 7.05 Å². The molecule has 0 spiro atoms. The van der Waals surface area contributed by atoms with Crippen molar-refractivity contribution in [3.63, 3.8) is 0 Å². The molecular formula is C16H27N3O2. The highest BCUT2D eigenvalue weighted by molar-refractivity contribution is 5.80. The van der Waals surface area contributed by atoms with Crippen LogP contribution in [0.4, 0.5) is 0 Å². The van der Waals surface area contributed by atoms with Crippen molar-refractivity contribution in [2.24, 2.45) is 0 Å². The summed E-state index contributed by atoms with van der Waals surface area (Å²) < 4.78 is 7.17. The fraction of sp³-hybridized carbons (Fsp3) is 0.750. The third-order valence-corrected chi connectivity index (χ3v) is 4.71. The Balaban J connectivity index is 2.28. The Labute approximate surface area is 127 Å². The van der Waals surface area contributed by atoms with Crippen molar-refractivity contribution in [2.45, 2.75) is 64.0 Å². The van der Waals surface area contributed by atoms with Crippen molar-refractivity contribution < 1.29 is 9.53 Å². The second-order valence-corrected chi connectivity index (χ2v) is 5.85. The zero-order valence-corrected chi connectivity index (χ0v) is 13.6. The van der Waals surface area contributed by atoms with Gasteiger partial charge in [0.05, 0.1) is 18.8 Å². The van der Waals surface area contributed by atoms with Gasteiger partial charge in [0.1, 0.15) is 5.54 Å². The zero-order chi connectivity index (χ0) is 15.5. The number of carbonyl (C=O) groups excluding carboxylic acids is 1. The van der Waals surface area contributed by atoms with E-state index >= 15 is 0 Å². The second-order valence-electron chi connectivity index (χ2n) is 5.85. The maximum atomic E-state index is 12.2. The van der Waals surface area contributed by atoms with E-state index in [9.17, 15) is 4.79 Å². The van der Waals surface area contributed by atoms with Crippen LogP contribution in [0.5, 0.6) is 0 Å². The number of hydrogen-bond donors (Lipinski definition) is 1. The van der Waals surface area contributed by atoms with Gasteiger partial charge in [0.25, 0.3) is 0 Å². The lowest BCUT2D eigenvalue weighted by molar-refractivity contribution is -0.150. The average Bonchev–Trinajstić information content (AvgIpc) is 2.97. The summed E-state index contributed by atoms with van der Waals surface area (Å²) in [6.45, 7) is 4.28. The summed E-state index contributed by atoms with van der Waals surface area (Å²) in [4.78, 5) is 12.2. The van der Waals surface area contributed by atoms with Crippen LogP contribution in [0.2, 0.25) is 0 Å². The van der Waals surface area contributed by atoms with Crippen molar-refractivity contribution in [2.75, 3.05) is 14.2 Å². The van der Waals surface area contributed by atoms with Gasteiger partial charge in [0.2, 0.25) is 0 Å². The topological polar surface area (TPSA) is 56.2 Å². The minimum absolute atomic E-state index is 0.157. The van der Waals surface area contributed by atoms with Crippen LogP contribution in [-0.2, 0) is 22.4 Å². The number of aromatic nitrogens is 2. The summed E-state index contributed by atoms with van der Waals surface area (Å²) in [6.07, 6.45) is 5.56. The molecule has 1 saturated carbocycles. The van der Waals surface area contributed by atoms with E-state index in [1.165, 1.54) is 12.8 Å².